The molecule has 0 aliphatic rings. The van der Waals surface area contributed by atoms with Gasteiger partial charge in [0.05, 0.1) is 13.1 Å². The van der Waals surface area contributed by atoms with Crippen LogP contribution in [0.4, 0.5) is 17.9 Å². The lowest BCUT2D eigenvalue weighted by Crippen LogP contribution is -2.02. The lowest BCUT2D eigenvalue weighted by atomic mass is 10.1. The number of nitrogens with zero attached hydrogens (tertiary/aromatic N) is 2. The van der Waals surface area contributed by atoms with Crippen LogP contribution in [0.5, 0.6) is 0 Å². The zero-order chi connectivity index (χ0) is 10.6. The third-order valence-corrected chi connectivity index (χ3v) is 1.63. The van der Waals surface area contributed by atoms with Gasteiger partial charge in [0.2, 0.25) is 0 Å². The fourth-order valence-corrected chi connectivity index (χ4v) is 1.03. The highest BCUT2D eigenvalue weighted by molar-refractivity contribution is 5.21. The minimum Gasteiger partial charge on any atom is -0.101 e. The molecule has 78 valence electrons. The van der Waals surface area contributed by atoms with Crippen molar-refractivity contribution in [3.63, 3.8) is 0 Å². The quantitative estimate of drug-likeness (QED) is 0.554. The van der Waals surface area contributed by atoms with Crippen LogP contribution < -0.4 is 0 Å². The van der Waals surface area contributed by atoms with Crippen molar-refractivity contribution in [2.75, 3.05) is 0 Å². The molecule has 0 spiro atoms. The molecule has 1 rings (SSSR count). The van der Waals surface area contributed by atoms with Crippen LogP contribution in [0.3, 0.4) is 0 Å². The summed E-state index contributed by atoms with van der Waals surface area (Å²) in [6.07, 6.45) is 0. The van der Waals surface area contributed by atoms with Gasteiger partial charge >= 0.3 is 0 Å². The van der Waals surface area contributed by atoms with Crippen LogP contribution in [0.25, 0.3) is 0 Å². The molecule has 0 aliphatic carbocycles. The summed E-state index contributed by atoms with van der Waals surface area (Å²) in [6.45, 7) is -1.01. The van der Waals surface area contributed by atoms with Crippen molar-refractivity contribution in [2.45, 2.75) is 13.1 Å². The van der Waals surface area contributed by atoms with E-state index < -0.39 is 23.8 Å². The van der Waals surface area contributed by atoms with Crippen molar-refractivity contribution in [1.82, 2.24) is 10.7 Å². The molecule has 0 fully saturated rings. The molecule has 0 unspecified atom stereocenters. The first kappa shape index (κ1) is 10.9. The third kappa shape index (κ3) is 3.71. The largest absolute Gasteiger partial charge is 0.101 e. The molecule has 0 aliphatic heterocycles. The Morgan fingerprint density at radius 2 is 1.00 bits per heavy atom. The van der Waals surface area contributed by atoms with E-state index >= 15 is 0 Å². The third-order valence-electron chi connectivity index (χ3n) is 1.63. The van der Waals surface area contributed by atoms with Gasteiger partial charge in [0, 0.05) is 10.7 Å². The predicted octanol–water partition coefficient (Wildman–Crippen LogP) is 2.83. The molecule has 2 nitrogen and oxygen atoms in total. The van der Waals surface area contributed by atoms with Crippen molar-refractivity contribution in [2.24, 2.45) is 0 Å². The number of hydrogen-bond donors (Lipinski definition) is 0. The topological polar surface area (TPSA) is 6.48 Å². The minimum atomic E-state index is -0.967. The van der Waals surface area contributed by atoms with Gasteiger partial charge in [-0.3, -0.25) is 0 Å². The lowest BCUT2D eigenvalue weighted by molar-refractivity contribution is -0.162. The van der Waals surface area contributed by atoms with Gasteiger partial charge in [-0.2, -0.15) is 0 Å². The highest BCUT2D eigenvalue weighted by Gasteiger charge is 2.04. The summed E-state index contributed by atoms with van der Waals surface area (Å²) in [6, 6.07) is 5.58. The van der Waals surface area contributed by atoms with Crippen LogP contribution >= 0.6 is 0 Å². The van der Waals surface area contributed by atoms with Crippen LogP contribution in [0, 0.1) is 0 Å². The molecule has 0 atom stereocenters. The smallest absolute Gasteiger partial charge is 0.0870 e. The van der Waals surface area contributed by atoms with E-state index in [2.05, 4.69) is 0 Å². The molecule has 1 aromatic rings. The van der Waals surface area contributed by atoms with Crippen LogP contribution in [0.2, 0.25) is 0 Å². The van der Waals surface area contributed by atoms with Gasteiger partial charge in [0.15, 0.2) is 0 Å². The molecule has 0 heterocycles. The van der Waals surface area contributed by atoms with Crippen LogP contribution in [-0.2, 0) is 13.1 Å². The Balaban J connectivity index is 2.59. The van der Waals surface area contributed by atoms with Gasteiger partial charge in [-0.1, -0.05) is 24.3 Å². The molecule has 0 amide bonds. The second-order valence-corrected chi connectivity index (χ2v) is 2.74. The van der Waals surface area contributed by atoms with E-state index in [-0.39, 0.29) is 0 Å². The standard InChI is InChI=1S/C8H8F4N2/c9-13(10)5-7-1-2-8(4-3-7)6-14(11)12/h1-4H,5-6H2. The maximum atomic E-state index is 11.7. The number of hydrogen-bond acceptors (Lipinski definition) is 2. The predicted molar refractivity (Wildman–Crippen MR) is 42.0 cm³/mol. The van der Waals surface area contributed by atoms with E-state index in [4.69, 9.17) is 0 Å². The van der Waals surface area contributed by atoms with Crippen LogP contribution in [0.15, 0.2) is 24.3 Å². The summed E-state index contributed by atoms with van der Waals surface area (Å²) in [5.41, 5.74) is 0.756. The summed E-state index contributed by atoms with van der Waals surface area (Å²) in [4.78, 5) is 0. The zero-order valence-corrected chi connectivity index (χ0v) is 7.13. The molecule has 0 saturated carbocycles. The molecule has 0 radical (unpaired) electrons. The van der Waals surface area contributed by atoms with Crippen molar-refractivity contribution in [3.8, 4) is 0 Å². The summed E-state index contributed by atoms with van der Waals surface area (Å²) in [5.74, 6) is 0. The van der Waals surface area contributed by atoms with Crippen molar-refractivity contribution >= 4 is 0 Å². The average Bonchev–Trinajstić information content (AvgIpc) is 2.06. The maximum absolute atomic E-state index is 11.7. The molecule has 0 bridgehead atoms. The van der Waals surface area contributed by atoms with E-state index in [1.165, 1.54) is 24.3 Å². The van der Waals surface area contributed by atoms with E-state index in [1.807, 2.05) is 0 Å². The molecule has 0 aromatic heterocycles. The Hall–Kier alpha value is -1.14. The molecule has 6 heteroatoms. The monoisotopic (exact) mass is 208 g/mol. The van der Waals surface area contributed by atoms with E-state index in [0.29, 0.717) is 11.1 Å². The van der Waals surface area contributed by atoms with Crippen molar-refractivity contribution < 1.29 is 17.9 Å². The summed E-state index contributed by atoms with van der Waals surface area (Å²) in [7, 11) is 0. The fourth-order valence-electron chi connectivity index (χ4n) is 1.03. The Bertz CT molecular complexity index is 244. The second kappa shape index (κ2) is 4.92. The van der Waals surface area contributed by atoms with Crippen molar-refractivity contribution in [3.05, 3.63) is 35.4 Å². The Morgan fingerprint density at radius 1 is 0.714 bits per heavy atom. The first-order valence-corrected chi connectivity index (χ1v) is 3.84. The maximum Gasteiger partial charge on any atom is 0.0870 e. The second-order valence-electron chi connectivity index (χ2n) is 2.74. The molecule has 14 heavy (non-hydrogen) atoms. The SMILES string of the molecule is FN(F)Cc1ccc(CN(F)F)cc1. The average molecular weight is 208 g/mol. The summed E-state index contributed by atoms with van der Waals surface area (Å²) in [5, 5.41) is -1.93. The van der Waals surface area contributed by atoms with Crippen LogP contribution in [-0.4, -0.2) is 10.7 Å². The minimum absolute atomic E-state index is 0.378. The fraction of sp³-hybridized carbons (Fsp3) is 0.250. The van der Waals surface area contributed by atoms with Gasteiger partial charge < -0.3 is 0 Å². The molecule has 0 N–H and O–H groups in total. The summed E-state index contributed by atoms with van der Waals surface area (Å²) >= 11 is 0. The Morgan fingerprint density at radius 3 is 1.21 bits per heavy atom. The van der Waals surface area contributed by atoms with Gasteiger partial charge in [-0.25, -0.2) is 0 Å². The normalized spacial score (nSPS) is 11.3. The summed E-state index contributed by atoms with van der Waals surface area (Å²) < 4.78 is 46.9. The Kier molecular flexibility index (Phi) is 3.84. The highest BCUT2D eigenvalue weighted by atomic mass is 19.4. The van der Waals surface area contributed by atoms with E-state index in [1.54, 1.807) is 0 Å². The van der Waals surface area contributed by atoms with Gasteiger partial charge in [0.1, 0.15) is 0 Å². The highest BCUT2D eigenvalue weighted by Crippen LogP contribution is 2.10. The van der Waals surface area contributed by atoms with Gasteiger partial charge in [-0.05, 0) is 11.1 Å². The first-order chi connectivity index (χ1) is 6.58. The number of benzene rings is 1. The first-order valence-electron chi connectivity index (χ1n) is 3.84. The van der Waals surface area contributed by atoms with Gasteiger partial charge in [-0.15, -0.1) is 17.9 Å². The number of halogens is 4. The number of rotatable bonds is 4. The van der Waals surface area contributed by atoms with E-state index in [9.17, 15) is 17.9 Å². The zero-order valence-electron chi connectivity index (χ0n) is 7.13. The van der Waals surface area contributed by atoms with Crippen molar-refractivity contribution in [1.29, 1.82) is 0 Å². The van der Waals surface area contributed by atoms with Gasteiger partial charge in [0.25, 0.3) is 0 Å². The molecule has 0 saturated heterocycles. The Labute approximate surface area is 78.1 Å². The molecule has 1 aromatic carbocycles. The van der Waals surface area contributed by atoms with E-state index in [0.717, 1.165) is 0 Å². The lowest BCUT2D eigenvalue weighted by Gasteiger charge is -2.04. The van der Waals surface area contributed by atoms with Crippen LogP contribution in [0.1, 0.15) is 11.1 Å². The molecular formula is C8H8F4N2. The molecular weight excluding hydrogens is 200 g/mol.